The molecule has 1 aromatic rings. The summed E-state index contributed by atoms with van der Waals surface area (Å²) in [6, 6.07) is 8.85. The average molecular weight is 289 g/mol. The molecule has 1 aliphatic carbocycles. The largest absolute Gasteiger partial charge is 0.381 e. The van der Waals surface area contributed by atoms with Crippen molar-refractivity contribution in [1.29, 1.82) is 0 Å². The van der Waals surface area contributed by atoms with Crippen LogP contribution in [-0.2, 0) is 11.2 Å². The number of benzene rings is 1. The fraction of sp³-hybridized carbons (Fsp3) is 0.684. The zero-order valence-corrected chi connectivity index (χ0v) is 14.1. The highest BCUT2D eigenvalue weighted by Crippen LogP contribution is 2.29. The van der Waals surface area contributed by atoms with E-state index in [1.54, 1.807) is 0 Å². The van der Waals surface area contributed by atoms with E-state index in [1.165, 1.54) is 24.0 Å². The van der Waals surface area contributed by atoms with Gasteiger partial charge in [-0.05, 0) is 64.4 Å². The van der Waals surface area contributed by atoms with Crippen molar-refractivity contribution < 1.29 is 4.74 Å². The molecule has 0 heterocycles. The number of hydrogen-bond acceptors (Lipinski definition) is 2. The van der Waals surface area contributed by atoms with E-state index in [2.05, 4.69) is 57.3 Å². The lowest BCUT2D eigenvalue weighted by molar-refractivity contribution is 0.0885. The van der Waals surface area contributed by atoms with Crippen LogP contribution >= 0.6 is 0 Å². The standard InChI is InChI=1S/C19H31NO/c1-15-6-5-7-17(10-15)11-18(12-20-19(2,3)4)14-21-13-16-8-9-16/h5-7,10,16,18,20H,8-9,11-14H2,1-4H3. The second-order valence-electron chi connectivity index (χ2n) is 7.67. The first kappa shape index (κ1) is 16.5. The van der Waals surface area contributed by atoms with Crippen molar-refractivity contribution in [2.45, 2.75) is 52.5 Å². The van der Waals surface area contributed by atoms with E-state index in [1.807, 2.05) is 0 Å². The molecule has 0 radical (unpaired) electrons. The van der Waals surface area contributed by atoms with Crippen LogP contribution < -0.4 is 5.32 Å². The minimum atomic E-state index is 0.168. The molecular weight excluding hydrogens is 258 g/mol. The first-order valence-electron chi connectivity index (χ1n) is 8.31. The summed E-state index contributed by atoms with van der Waals surface area (Å²) in [5.74, 6) is 1.39. The molecule has 0 saturated heterocycles. The fourth-order valence-corrected chi connectivity index (χ4v) is 2.50. The Balaban J connectivity index is 1.86. The summed E-state index contributed by atoms with van der Waals surface area (Å²) in [5.41, 5.74) is 2.93. The van der Waals surface area contributed by atoms with Crippen LogP contribution in [-0.4, -0.2) is 25.3 Å². The summed E-state index contributed by atoms with van der Waals surface area (Å²) in [7, 11) is 0. The Labute approximate surface area is 130 Å². The van der Waals surface area contributed by atoms with Crippen LogP contribution in [0.1, 0.15) is 44.7 Å². The van der Waals surface area contributed by atoms with Crippen LogP contribution in [0, 0.1) is 18.8 Å². The normalized spacial score (nSPS) is 17.0. The van der Waals surface area contributed by atoms with E-state index < -0.39 is 0 Å². The maximum absolute atomic E-state index is 5.95. The number of nitrogens with one attached hydrogen (secondary N) is 1. The lowest BCUT2D eigenvalue weighted by Gasteiger charge is -2.25. The smallest absolute Gasteiger partial charge is 0.0509 e. The Bertz CT molecular complexity index is 431. The number of hydrogen-bond donors (Lipinski definition) is 1. The molecule has 1 N–H and O–H groups in total. The van der Waals surface area contributed by atoms with Gasteiger partial charge in [-0.2, -0.15) is 0 Å². The van der Waals surface area contributed by atoms with Crippen molar-refractivity contribution >= 4 is 0 Å². The number of ether oxygens (including phenoxy) is 1. The van der Waals surface area contributed by atoms with Gasteiger partial charge in [-0.15, -0.1) is 0 Å². The molecule has 21 heavy (non-hydrogen) atoms. The molecule has 1 unspecified atom stereocenters. The molecule has 2 heteroatoms. The Hall–Kier alpha value is -0.860. The molecule has 0 amide bonds. The average Bonchev–Trinajstić information content (AvgIpc) is 3.19. The molecule has 2 rings (SSSR count). The molecule has 0 spiro atoms. The van der Waals surface area contributed by atoms with Gasteiger partial charge in [0.2, 0.25) is 0 Å². The van der Waals surface area contributed by atoms with Crippen molar-refractivity contribution in [3.05, 3.63) is 35.4 Å². The fourth-order valence-electron chi connectivity index (χ4n) is 2.50. The van der Waals surface area contributed by atoms with Crippen molar-refractivity contribution in [3.63, 3.8) is 0 Å². The molecule has 0 aliphatic heterocycles. The second kappa shape index (κ2) is 7.42. The van der Waals surface area contributed by atoms with E-state index in [4.69, 9.17) is 4.74 Å². The Morgan fingerprint density at radius 2 is 2.05 bits per heavy atom. The molecule has 118 valence electrons. The van der Waals surface area contributed by atoms with Gasteiger partial charge in [-0.1, -0.05) is 29.8 Å². The topological polar surface area (TPSA) is 21.3 Å². The quantitative estimate of drug-likeness (QED) is 0.782. The van der Waals surface area contributed by atoms with E-state index in [-0.39, 0.29) is 5.54 Å². The zero-order valence-electron chi connectivity index (χ0n) is 14.1. The summed E-state index contributed by atoms with van der Waals surface area (Å²) >= 11 is 0. The SMILES string of the molecule is Cc1cccc(CC(CNC(C)(C)C)COCC2CC2)c1. The first-order valence-corrected chi connectivity index (χ1v) is 8.31. The molecule has 1 fully saturated rings. The summed E-state index contributed by atoms with van der Waals surface area (Å²) in [6.45, 7) is 11.7. The number of aryl methyl sites for hydroxylation is 1. The van der Waals surface area contributed by atoms with Crippen molar-refractivity contribution in [1.82, 2.24) is 5.32 Å². The van der Waals surface area contributed by atoms with Gasteiger partial charge in [0.15, 0.2) is 0 Å². The van der Waals surface area contributed by atoms with Gasteiger partial charge in [0.1, 0.15) is 0 Å². The Kier molecular flexibility index (Phi) is 5.83. The highest BCUT2D eigenvalue weighted by Gasteiger charge is 2.22. The molecule has 1 saturated carbocycles. The van der Waals surface area contributed by atoms with E-state index >= 15 is 0 Å². The Morgan fingerprint density at radius 3 is 2.67 bits per heavy atom. The van der Waals surface area contributed by atoms with Gasteiger partial charge in [0.05, 0.1) is 6.61 Å². The lowest BCUT2D eigenvalue weighted by atomic mass is 9.97. The minimum absolute atomic E-state index is 0.168. The van der Waals surface area contributed by atoms with Crippen LogP contribution in [0.2, 0.25) is 0 Å². The molecule has 2 nitrogen and oxygen atoms in total. The first-order chi connectivity index (χ1) is 9.92. The summed E-state index contributed by atoms with van der Waals surface area (Å²) in [5, 5.41) is 3.63. The van der Waals surface area contributed by atoms with Crippen LogP contribution in [0.5, 0.6) is 0 Å². The molecular formula is C19H31NO. The third-order valence-corrected chi connectivity index (χ3v) is 3.93. The number of rotatable bonds is 8. The third kappa shape index (κ3) is 7.10. The lowest BCUT2D eigenvalue weighted by Crippen LogP contribution is -2.40. The monoisotopic (exact) mass is 289 g/mol. The van der Waals surface area contributed by atoms with Crippen LogP contribution in [0.4, 0.5) is 0 Å². The van der Waals surface area contributed by atoms with Crippen molar-refractivity contribution in [3.8, 4) is 0 Å². The Morgan fingerprint density at radius 1 is 1.29 bits per heavy atom. The maximum atomic E-state index is 5.95. The van der Waals surface area contributed by atoms with Crippen molar-refractivity contribution in [2.75, 3.05) is 19.8 Å². The van der Waals surface area contributed by atoms with Gasteiger partial charge in [0.25, 0.3) is 0 Å². The summed E-state index contributed by atoms with van der Waals surface area (Å²) in [4.78, 5) is 0. The molecule has 1 atom stereocenters. The van der Waals surface area contributed by atoms with Crippen LogP contribution in [0.25, 0.3) is 0 Å². The van der Waals surface area contributed by atoms with Crippen LogP contribution in [0.3, 0.4) is 0 Å². The second-order valence-corrected chi connectivity index (χ2v) is 7.67. The van der Waals surface area contributed by atoms with Gasteiger partial charge >= 0.3 is 0 Å². The summed E-state index contributed by atoms with van der Waals surface area (Å²) in [6.07, 6.45) is 3.82. The molecule has 0 bridgehead atoms. The third-order valence-electron chi connectivity index (χ3n) is 3.93. The molecule has 1 aliphatic rings. The van der Waals surface area contributed by atoms with Crippen LogP contribution in [0.15, 0.2) is 24.3 Å². The van der Waals surface area contributed by atoms with Gasteiger partial charge in [0, 0.05) is 18.7 Å². The molecule has 0 aromatic heterocycles. The van der Waals surface area contributed by atoms with E-state index in [0.29, 0.717) is 5.92 Å². The molecule has 1 aromatic carbocycles. The predicted molar refractivity (Wildman–Crippen MR) is 89.7 cm³/mol. The minimum Gasteiger partial charge on any atom is -0.381 e. The highest BCUT2D eigenvalue weighted by molar-refractivity contribution is 5.22. The maximum Gasteiger partial charge on any atom is 0.0509 e. The zero-order chi connectivity index (χ0) is 15.3. The van der Waals surface area contributed by atoms with Crippen molar-refractivity contribution in [2.24, 2.45) is 11.8 Å². The summed E-state index contributed by atoms with van der Waals surface area (Å²) < 4.78 is 5.95. The van der Waals surface area contributed by atoms with Gasteiger partial charge < -0.3 is 10.1 Å². The van der Waals surface area contributed by atoms with Gasteiger partial charge in [-0.25, -0.2) is 0 Å². The van der Waals surface area contributed by atoms with E-state index in [0.717, 1.165) is 32.1 Å². The van der Waals surface area contributed by atoms with Gasteiger partial charge in [-0.3, -0.25) is 0 Å². The van der Waals surface area contributed by atoms with E-state index in [9.17, 15) is 0 Å². The predicted octanol–water partition coefficient (Wildman–Crippen LogP) is 3.97. The highest BCUT2D eigenvalue weighted by atomic mass is 16.5.